The third kappa shape index (κ3) is 4.70. The molecule has 1 aromatic carbocycles. The summed E-state index contributed by atoms with van der Waals surface area (Å²) in [5, 5.41) is 2.86. The molecule has 2 nitrogen and oxygen atoms in total. The molecule has 0 aliphatic heterocycles. The van der Waals surface area contributed by atoms with Crippen LogP contribution in [0.2, 0.25) is 0 Å². The maximum atomic E-state index is 13.9. The second kappa shape index (κ2) is 6.23. The summed E-state index contributed by atoms with van der Waals surface area (Å²) in [7, 11) is 1.72. The molecule has 0 fully saturated rings. The van der Waals surface area contributed by atoms with Crippen molar-refractivity contribution in [3.05, 3.63) is 29.6 Å². The van der Waals surface area contributed by atoms with Crippen LogP contribution in [0, 0.1) is 5.82 Å². The minimum absolute atomic E-state index is 0.0211. The van der Waals surface area contributed by atoms with E-state index in [-0.39, 0.29) is 5.69 Å². The van der Waals surface area contributed by atoms with Crippen LogP contribution in [0.3, 0.4) is 0 Å². The van der Waals surface area contributed by atoms with Crippen LogP contribution in [0.25, 0.3) is 0 Å². The van der Waals surface area contributed by atoms with Gasteiger partial charge in [0.2, 0.25) is 0 Å². The fraction of sp³-hybridized carbons (Fsp3) is 0.538. The maximum Gasteiger partial charge on any atom is 0.405 e. The fourth-order valence-corrected chi connectivity index (χ4v) is 1.84. The number of anilines is 1. The van der Waals surface area contributed by atoms with Gasteiger partial charge < -0.3 is 10.2 Å². The Kier molecular flexibility index (Phi) is 5.17. The molecule has 0 amide bonds. The predicted octanol–water partition coefficient (Wildman–Crippen LogP) is 3.32. The molecule has 0 aliphatic carbocycles. The van der Waals surface area contributed by atoms with E-state index in [1.807, 2.05) is 0 Å². The molecule has 19 heavy (non-hydrogen) atoms. The first-order valence-corrected chi connectivity index (χ1v) is 6.01. The van der Waals surface area contributed by atoms with E-state index in [2.05, 4.69) is 5.32 Å². The van der Waals surface area contributed by atoms with E-state index in [9.17, 15) is 17.6 Å². The third-order valence-electron chi connectivity index (χ3n) is 2.68. The van der Waals surface area contributed by atoms with E-state index in [1.165, 1.54) is 12.1 Å². The van der Waals surface area contributed by atoms with Crippen LogP contribution in [0.1, 0.15) is 19.4 Å². The highest BCUT2D eigenvalue weighted by Gasteiger charge is 2.32. The number of halogens is 4. The highest BCUT2D eigenvalue weighted by molar-refractivity contribution is 5.50. The zero-order valence-corrected chi connectivity index (χ0v) is 11.2. The Labute approximate surface area is 110 Å². The Bertz CT molecular complexity index is 416. The van der Waals surface area contributed by atoms with E-state index in [4.69, 9.17) is 0 Å². The molecule has 1 N–H and O–H groups in total. The van der Waals surface area contributed by atoms with Crippen molar-refractivity contribution < 1.29 is 17.6 Å². The second-order valence-electron chi connectivity index (χ2n) is 4.65. The molecule has 0 bridgehead atoms. The van der Waals surface area contributed by atoms with Crippen molar-refractivity contribution in [2.45, 2.75) is 32.6 Å². The molecule has 1 rings (SSSR count). The van der Waals surface area contributed by atoms with Gasteiger partial charge in [0.15, 0.2) is 0 Å². The maximum absolute atomic E-state index is 13.9. The normalized spacial score (nSPS) is 12.0. The fourth-order valence-electron chi connectivity index (χ4n) is 1.84. The molecular weight excluding hydrogens is 260 g/mol. The summed E-state index contributed by atoms with van der Waals surface area (Å²) in [6, 6.07) is 3.85. The number of alkyl halides is 3. The average molecular weight is 278 g/mol. The molecule has 0 saturated carbocycles. The quantitative estimate of drug-likeness (QED) is 0.831. The van der Waals surface area contributed by atoms with Crippen molar-refractivity contribution in [2.24, 2.45) is 0 Å². The van der Waals surface area contributed by atoms with Crippen molar-refractivity contribution in [1.29, 1.82) is 0 Å². The van der Waals surface area contributed by atoms with E-state index >= 15 is 0 Å². The topological polar surface area (TPSA) is 15.3 Å². The first-order valence-electron chi connectivity index (χ1n) is 6.01. The highest BCUT2D eigenvalue weighted by atomic mass is 19.4. The summed E-state index contributed by atoms with van der Waals surface area (Å²) in [4.78, 5) is 1.01. The molecular formula is C13H18F4N2. The molecule has 0 unspecified atom stereocenters. The van der Waals surface area contributed by atoms with Crippen molar-refractivity contribution >= 4 is 5.69 Å². The second-order valence-corrected chi connectivity index (χ2v) is 4.65. The lowest BCUT2D eigenvalue weighted by atomic mass is 10.1. The lowest BCUT2D eigenvalue weighted by molar-refractivity contribution is -0.120. The molecule has 0 saturated heterocycles. The summed E-state index contributed by atoms with van der Waals surface area (Å²) >= 11 is 0. The number of nitrogens with zero attached hydrogens (tertiary/aromatic N) is 1. The number of hydrogen-bond acceptors (Lipinski definition) is 2. The standard InChI is InChI=1S/C13H18F4N2/c1-9(2)19(8-13(15,16)17)12-5-4-10(7-18-3)6-11(12)14/h4-6,9,18H,7-8H2,1-3H3. The Hall–Kier alpha value is -1.30. The van der Waals surface area contributed by atoms with Gasteiger partial charge in [-0.15, -0.1) is 0 Å². The van der Waals surface area contributed by atoms with Gasteiger partial charge in [0.25, 0.3) is 0 Å². The van der Waals surface area contributed by atoms with E-state index in [1.54, 1.807) is 27.0 Å². The van der Waals surface area contributed by atoms with E-state index in [0.29, 0.717) is 12.1 Å². The lowest BCUT2D eigenvalue weighted by Gasteiger charge is -2.30. The molecule has 0 heterocycles. The Morgan fingerprint density at radius 3 is 2.32 bits per heavy atom. The van der Waals surface area contributed by atoms with Gasteiger partial charge >= 0.3 is 6.18 Å². The molecule has 0 radical (unpaired) electrons. The van der Waals surface area contributed by atoms with Crippen molar-refractivity contribution in [2.75, 3.05) is 18.5 Å². The summed E-state index contributed by atoms with van der Waals surface area (Å²) < 4.78 is 51.5. The zero-order chi connectivity index (χ0) is 14.6. The predicted molar refractivity (Wildman–Crippen MR) is 67.7 cm³/mol. The molecule has 108 valence electrons. The van der Waals surface area contributed by atoms with Gasteiger partial charge in [0, 0.05) is 12.6 Å². The molecule has 0 atom stereocenters. The molecule has 0 aromatic heterocycles. The lowest BCUT2D eigenvalue weighted by Crippen LogP contribution is -2.39. The van der Waals surface area contributed by atoms with Gasteiger partial charge in [0.05, 0.1) is 5.69 Å². The first-order chi connectivity index (χ1) is 8.74. The highest BCUT2D eigenvalue weighted by Crippen LogP contribution is 2.27. The van der Waals surface area contributed by atoms with Crippen LogP contribution < -0.4 is 10.2 Å². The van der Waals surface area contributed by atoms with Crippen molar-refractivity contribution in [1.82, 2.24) is 5.32 Å². The smallest absolute Gasteiger partial charge is 0.358 e. The third-order valence-corrected chi connectivity index (χ3v) is 2.68. The SMILES string of the molecule is CNCc1ccc(N(CC(F)(F)F)C(C)C)c(F)c1. The van der Waals surface area contributed by atoms with Crippen LogP contribution in [0.15, 0.2) is 18.2 Å². The number of benzene rings is 1. The molecule has 6 heteroatoms. The monoisotopic (exact) mass is 278 g/mol. The van der Waals surface area contributed by atoms with Crippen LogP contribution in [-0.4, -0.2) is 25.8 Å². The number of nitrogens with one attached hydrogen (secondary N) is 1. The number of hydrogen-bond donors (Lipinski definition) is 1. The minimum atomic E-state index is -4.36. The minimum Gasteiger partial charge on any atom is -0.358 e. The summed E-state index contributed by atoms with van der Waals surface area (Å²) in [6.07, 6.45) is -4.36. The van der Waals surface area contributed by atoms with Crippen LogP contribution >= 0.6 is 0 Å². The summed E-state index contributed by atoms with van der Waals surface area (Å²) in [5.74, 6) is -0.634. The van der Waals surface area contributed by atoms with Crippen LogP contribution in [-0.2, 0) is 6.54 Å². The van der Waals surface area contributed by atoms with Gasteiger partial charge in [-0.1, -0.05) is 6.07 Å². The molecule has 1 aromatic rings. The van der Waals surface area contributed by atoms with E-state index < -0.39 is 24.6 Å². The van der Waals surface area contributed by atoms with E-state index in [0.717, 1.165) is 4.90 Å². The average Bonchev–Trinajstić information content (AvgIpc) is 2.25. The Morgan fingerprint density at radius 1 is 1.26 bits per heavy atom. The molecule has 0 spiro atoms. The van der Waals surface area contributed by atoms with Gasteiger partial charge in [0.1, 0.15) is 12.4 Å². The van der Waals surface area contributed by atoms with Crippen molar-refractivity contribution in [3.63, 3.8) is 0 Å². The van der Waals surface area contributed by atoms with Crippen LogP contribution in [0.4, 0.5) is 23.2 Å². The van der Waals surface area contributed by atoms with Crippen LogP contribution in [0.5, 0.6) is 0 Å². The van der Waals surface area contributed by atoms with Crippen molar-refractivity contribution in [3.8, 4) is 0 Å². The Morgan fingerprint density at radius 2 is 1.89 bits per heavy atom. The van der Waals surface area contributed by atoms with Gasteiger partial charge in [-0.3, -0.25) is 0 Å². The number of rotatable bonds is 5. The van der Waals surface area contributed by atoms with Gasteiger partial charge in [-0.2, -0.15) is 13.2 Å². The van der Waals surface area contributed by atoms with Gasteiger partial charge in [-0.05, 0) is 38.6 Å². The first kappa shape index (κ1) is 15.8. The summed E-state index contributed by atoms with van der Waals surface area (Å²) in [5.41, 5.74) is 0.673. The largest absolute Gasteiger partial charge is 0.405 e. The van der Waals surface area contributed by atoms with Gasteiger partial charge in [-0.25, -0.2) is 4.39 Å². The zero-order valence-electron chi connectivity index (χ0n) is 11.2. The summed E-state index contributed by atoms with van der Waals surface area (Å²) in [6.45, 7) is 2.52. The Balaban J connectivity index is 3.03. The molecule has 0 aliphatic rings.